The second-order valence-corrected chi connectivity index (χ2v) is 4.73. The Morgan fingerprint density at radius 1 is 1.35 bits per heavy atom. The largest absolute Gasteiger partial charge is 0.399 e. The van der Waals surface area contributed by atoms with E-state index in [-0.39, 0.29) is 5.82 Å². The highest BCUT2D eigenvalue weighted by Gasteiger charge is 2.23. The molecular weight excluding hydrogens is 217 g/mol. The molecule has 1 saturated heterocycles. The van der Waals surface area contributed by atoms with Crippen LogP contribution in [0.1, 0.15) is 13.3 Å². The Kier molecular flexibility index (Phi) is 3.52. The van der Waals surface area contributed by atoms with Gasteiger partial charge in [0.15, 0.2) is 0 Å². The Bertz CT molecular complexity index is 374. The van der Waals surface area contributed by atoms with Gasteiger partial charge in [0.05, 0.1) is 0 Å². The topological polar surface area (TPSA) is 32.5 Å². The van der Waals surface area contributed by atoms with Crippen molar-refractivity contribution >= 4 is 11.4 Å². The molecule has 0 radical (unpaired) electrons. The summed E-state index contributed by atoms with van der Waals surface area (Å²) in [7, 11) is 2.14. The van der Waals surface area contributed by atoms with Gasteiger partial charge in [-0.3, -0.25) is 4.90 Å². The maximum absolute atomic E-state index is 13.3. The molecule has 1 atom stereocenters. The van der Waals surface area contributed by atoms with Crippen LogP contribution in [0.15, 0.2) is 18.2 Å². The predicted molar refractivity (Wildman–Crippen MR) is 69.7 cm³/mol. The average molecular weight is 237 g/mol. The Morgan fingerprint density at radius 2 is 2.12 bits per heavy atom. The molecule has 1 aliphatic rings. The number of hydrogen-bond donors (Lipinski definition) is 1. The fourth-order valence-corrected chi connectivity index (χ4v) is 2.40. The van der Waals surface area contributed by atoms with Crippen molar-refractivity contribution in [3.8, 4) is 0 Å². The second kappa shape index (κ2) is 4.92. The number of hydrogen-bond acceptors (Lipinski definition) is 3. The molecule has 0 spiro atoms. The van der Waals surface area contributed by atoms with Crippen LogP contribution in [-0.2, 0) is 0 Å². The van der Waals surface area contributed by atoms with Crippen molar-refractivity contribution in [3.63, 3.8) is 0 Å². The van der Waals surface area contributed by atoms with E-state index in [0.29, 0.717) is 11.7 Å². The zero-order valence-corrected chi connectivity index (χ0v) is 10.5. The number of halogens is 1. The molecule has 0 amide bonds. The molecular formula is C13H20FN3. The lowest BCUT2D eigenvalue weighted by atomic mass is 10.1. The molecule has 0 bridgehead atoms. The van der Waals surface area contributed by atoms with Gasteiger partial charge in [-0.15, -0.1) is 0 Å². The van der Waals surface area contributed by atoms with Gasteiger partial charge in [-0.05, 0) is 31.7 Å². The molecule has 17 heavy (non-hydrogen) atoms. The van der Waals surface area contributed by atoms with E-state index in [9.17, 15) is 4.39 Å². The van der Waals surface area contributed by atoms with Crippen LogP contribution in [0.3, 0.4) is 0 Å². The number of piperazine rings is 1. The molecule has 1 aromatic carbocycles. The Morgan fingerprint density at radius 3 is 2.76 bits per heavy atom. The third-order valence-electron chi connectivity index (χ3n) is 3.52. The summed E-state index contributed by atoms with van der Waals surface area (Å²) in [6, 6.07) is 5.31. The van der Waals surface area contributed by atoms with Crippen LogP contribution in [0, 0.1) is 5.82 Å². The summed E-state index contributed by atoms with van der Waals surface area (Å²) in [5, 5.41) is 0. The summed E-state index contributed by atoms with van der Waals surface area (Å²) >= 11 is 0. The van der Waals surface area contributed by atoms with Gasteiger partial charge in [0.1, 0.15) is 5.82 Å². The van der Waals surface area contributed by atoms with Gasteiger partial charge in [-0.2, -0.15) is 0 Å². The summed E-state index contributed by atoms with van der Waals surface area (Å²) < 4.78 is 13.3. The zero-order chi connectivity index (χ0) is 12.4. The molecule has 1 unspecified atom stereocenters. The minimum atomic E-state index is -0.257. The van der Waals surface area contributed by atoms with E-state index < -0.39 is 0 Å². The van der Waals surface area contributed by atoms with E-state index in [2.05, 4.69) is 23.8 Å². The number of anilines is 2. The first kappa shape index (κ1) is 12.2. The number of likely N-dealkylation sites (N-methyl/N-ethyl adjacent to an activating group) is 1. The molecule has 94 valence electrons. The zero-order valence-electron chi connectivity index (χ0n) is 10.5. The molecule has 1 fully saturated rings. The van der Waals surface area contributed by atoms with Gasteiger partial charge in [0.2, 0.25) is 0 Å². The van der Waals surface area contributed by atoms with Gasteiger partial charge >= 0.3 is 0 Å². The van der Waals surface area contributed by atoms with Crippen molar-refractivity contribution in [2.75, 3.05) is 37.3 Å². The first-order valence-electron chi connectivity index (χ1n) is 6.11. The SMILES string of the molecule is CCC1CN(c2cc(N)cc(F)c2)CCN1C. The molecule has 1 aromatic rings. The van der Waals surface area contributed by atoms with Crippen LogP contribution < -0.4 is 10.6 Å². The first-order chi connectivity index (χ1) is 8.10. The summed E-state index contributed by atoms with van der Waals surface area (Å²) in [5.41, 5.74) is 7.07. The van der Waals surface area contributed by atoms with E-state index in [0.717, 1.165) is 31.7 Å². The summed E-state index contributed by atoms with van der Waals surface area (Å²) in [4.78, 5) is 4.58. The Balaban J connectivity index is 2.17. The minimum absolute atomic E-state index is 0.257. The van der Waals surface area contributed by atoms with E-state index in [1.807, 2.05) is 6.07 Å². The fourth-order valence-electron chi connectivity index (χ4n) is 2.40. The number of nitrogen functional groups attached to an aromatic ring is 1. The van der Waals surface area contributed by atoms with Crippen molar-refractivity contribution in [2.45, 2.75) is 19.4 Å². The maximum Gasteiger partial charge on any atom is 0.127 e. The normalized spacial score (nSPS) is 21.8. The fraction of sp³-hybridized carbons (Fsp3) is 0.538. The highest BCUT2D eigenvalue weighted by Crippen LogP contribution is 2.23. The smallest absolute Gasteiger partial charge is 0.127 e. The molecule has 0 saturated carbocycles. The van der Waals surface area contributed by atoms with Crippen LogP contribution in [0.4, 0.5) is 15.8 Å². The number of nitrogens with two attached hydrogens (primary N) is 1. The van der Waals surface area contributed by atoms with Gasteiger partial charge in [-0.1, -0.05) is 6.92 Å². The van der Waals surface area contributed by atoms with Crippen molar-refractivity contribution in [1.29, 1.82) is 0 Å². The third kappa shape index (κ3) is 2.69. The van der Waals surface area contributed by atoms with Gasteiger partial charge < -0.3 is 10.6 Å². The molecule has 1 heterocycles. The minimum Gasteiger partial charge on any atom is -0.399 e. The van der Waals surface area contributed by atoms with Crippen molar-refractivity contribution in [3.05, 3.63) is 24.0 Å². The van der Waals surface area contributed by atoms with Crippen LogP contribution in [0.25, 0.3) is 0 Å². The van der Waals surface area contributed by atoms with Crippen LogP contribution in [0.5, 0.6) is 0 Å². The lowest BCUT2D eigenvalue weighted by molar-refractivity contribution is 0.213. The molecule has 3 nitrogen and oxygen atoms in total. The molecule has 2 N–H and O–H groups in total. The van der Waals surface area contributed by atoms with Crippen molar-refractivity contribution in [2.24, 2.45) is 0 Å². The first-order valence-corrected chi connectivity index (χ1v) is 6.11. The van der Waals surface area contributed by atoms with E-state index in [1.165, 1.54) is 6.07 Å². The molecule has 4 heteroatoms. The van der Waals surface area contributed by atoms with Crippen LogP contribution in [0.2, 0.25) is 0 Å². The van der Waals surface area contributed by atoms with Crippen LogP contribution >= 0.6 is 0 Å². The maximum atomic E-state index is 13.3. The van der Waals surface area contributed by atoms with Crippen molar-refractivity contribution < 1.29 is 4.39 Å². The summed E-state index contributed by atoms with van der Waals surface area (Å²) in [6.07, 6.45) is 1.11. The lowest BCUT2D eigenvalue weighted by Gasteiger charge is -2.40. The molecule has 2 rings (SSSR count). The standard InChI is InChI=1S/C13H20FN3/c1-3-12-9-17(5-4-16(12)2)13-7-10(14)6-11(15)8-13/h6-8,12H,3-5,9,15H2,1-2H3. The Labute approximate surface area is 102 Å². The molecule has 0 aromatic heterocycles. The molecule has 1 aliphatic heterocycles. The van der Waals surface area contributed by atoms with E-state index in [4.69, 9.17) is 5.73 Å². The summed E-state index contributed by atoms with van der Waals surface area (Å²) in [6.45, 7) is 5.06. The van der Waals surface area contributed by atoms with Gasteiger partial charge in [-0.25, -0.2) is 4.39 Å². The lowest BCUT2D eigenvalue weighted by Crippen LogP contribution is -2.51. The number of benzene rings is 1. The average Bonchev–Trinajstić information content (AvgIpc) is 2.28. The van der Waals surface area contributed by atoms with Gasteiger partial charge in [0.25, 0.3) is 0 Å². The molecule has 0 aliphatic carbocycles. The van der Waals surface area contributed by atoms with Crippen LogP contribution in [-0.4, -0.2) is 37.6 Å². The summed E-state index contributed by atoms with van der Waals surface area (Å²) in [5.74, 6) is -0.257. The monoisotopic (exact) mass is 237 g/mol. The Hall–Kier alpha value is -1.29. The second-order valence-electron chi connectivity index (χ2n) is 4.73. The highest BCUT2D eigenvalue weighted by atomic mass is 19.1. The van der Waals surface area contributed by atoms with E-state index in [1.54, 1.807) is 6.07 Å². The van der Waals surface area contributed by atoms with E-state index >= 15 is 0 Å². The third-order valence-corrected chi connectivity index (χ3v) is 3.52. The van der Waals surface area contributed by atoms with Gasteiger partial charge in [0, 0.05) is 37.1 Å². The number of rotatable bonds is 2. The predicted octanol–water partition coefficient (Wildman–Crippen LogP) is 1.94. The highest BCUT2D eigenvalue weighted by molar-refractivity contribution is 5.56. The van der Waals surface area contributed by atoms with Crippen molar-refractivity contribution in [1.82, 2.24) is 4.90 Å². The quantitative estimate of drug-likeness (QED) is 0.798. The number of nitrogens with zero attached hydrogens (tertiary/aromatic N) is 2.